The summed E-state index contributed by atoms with van der Waals surface area (Å²) in [7, 11) is 0. The van der Waals surface area contributed by atoms with E-state index in [1.54, 1.807) is 0 Å². The molecule has 2 saturated heterocycles. The van der Waals surface area contributed by atoms with Gasteiger partial charge in [0.15, 0.2) is 0 Å². The molecule has 1 aromatic rings. The number of piperazine rings is 1. The van der Waals surface area contributed by atoms with E-state index in [2.05, 4.69) is 33.5 Å². The molecule has 1 aromatic heterocycles. The lowest BCUT2D eigenvalue weighted by atomic mass is 10.1. The van der Waals surface area contributed by atoms with Gasteiger partial charge in [-0.1, -0.05) is 0 Å². The van der Waals surface area contributed by atoms with Gasteiger partial charge in [0.25, 0.3) is 0 Å². The SMILES string of the molecule is Cc1ccsc1CNCCN1CCN2CCCC2C1. The molecule has 3 heterocycles. The quantitative estimate of drug-likeness (QED) is 0.831. The second kappa shape index (κ2) is 6.35. The summed E-state index contributed by atoms with van der Waals surface area (Å²) < 4.78 is 0. The van der Waals surface area contributed by atoms with Crippen LogP contribution in [0.4, 0.5) is 0 Å². The van der Waals surface area contributed by atoms with Gasteiger partial charge in [-0.2, -0.15) is 0 Å². The van der Waals surface area contributed by atoms with Crippen molar-refractivity contribution in [3.63, 3.8) is 0 Å². The molecule has 0 amide bonds. The molecular weight excluding hydrogens is 254 g/mol. The number of fused-ring (bicyclic) bond motifs is 1. The Balaban J connectivity index is 1.35. The average Bonchev–Trinajstić information content (AvgIpc) is 3.03. The number of hydrogen-bond acceptors (Lipinski definition) is 4. The Kier molecular flexibility index (Phi) is 4.53. The number of hydrogen-bond donors (Lipinski definition) is 1. The van der Waals surface area contributed by atoms with E-state index in [1.807, 2.05) is 11.3 Å². The molecule has 0 aromatic carbocycles. The molecule has 0 radical (unpaired) electrons. The lowest BCUT2D eigenvalue weighted by molar-refractivity contribution is 0.105. The molecule has 0 bridgehead atoms. The van der Waals surface area contributed by atoms with Gasteiger partial charge in [0.05, 0.1) is 0 Å². The van der Waals surface area contributed by atoms with Crippen LogP contribution in [0.15, 0.2) is 11.4 Å². The van der Waals surface area contributed by atoms with Crippen LogP contribution in [0.1, 0.15) is 23.3 Å². The molecule has 2 aliphatic rings. The fourth-order valence-corrected chi connectivity index (χ4v) is 4.16. The van der Waals surface area contributed by atoms with Crippen molar-refractivity contribution < 1.29 is 0 Å². The Morgan fingerprint density at radius 2 is 2.32 bits per heavy atom. The maximum Gasteiger partial charge on any atom is 0.0302 e. The summed E-state index contributed by atoms with van der Waals surface area (Å²) in [5, 5.41) is 5.78. The van der Waals surface area contributed by atoms with E-state index in [9.17, 15) is 0 Å². The van der Waals surface area contributed by atoms with Crippen molar-refractivity contribution >= 4 is 11.3 Å². The van der Waals surface area contributed by atoms with Gasteiger partial charge in [-0.05, 0) is 43.3 Å². The molecule has 106 valence electrons. The topological polar surface area (TPSA) is 18.5 Å². The standard InChI is InChI=1S/C15H25N3S/c1-13-4-10-19-15(13)11-16-5-7-17-8-9-18-6-2-3-14(18)12-17/h4,10,14,16H,2-3,5-9,11-12H2,1H3. The lowest BCUT2D eigenvalue weighted by Gasteiger charge is -2.37. The van der Waals surface area contributed by atoms with Crippen LogP contribution in [0.3, 0.4) is 0 Å². The van der Waals surface area contributed by atoms with E-state index < -0.39 is 0 Å². The molecule has 1 atom stereocenters. The Labute approximate surface area is 120 Å². The summed E-state index contributed by atoms with van der Waals surface area (Å²) in [5.41, 5.74) is 1.43. The number of nitrogens with zero attached hydrogens (tertiary/aromatic N) is 2. The fraction of sp³-hybridized carbons (Fsp3) is 0.733. The minimum Gasteiger partial charge on any atom is -0.311 e. The van der Waals surface area contributed by atoms with Crippen LogP contribution in [0.25, 0.3) is 0 Å². The molecule has 1 unspecified atom stereocenters. The summed E-state index contributed by atoms with van der Waals surface area (Å²) in [5.74, 6) is 0. The van der Waals surface area contributed by atoms with Gasteiger partial charge in [0, 0.05) is 50.2 Å². The zero-order valence-corrected chi connectivity index (χ0v) is 12.7. The first kappa shape index (κ1) is 13.6. The highest BCUT2D eigenvalue weighted by atomic mass is 32.1. The van der Waals surface area contributed by atoms with Gasteiger partial charge >= 0.3 is 0 Å². The molecule has 3 nitrogen and oxygen atoms in total. The maximum absolute atomic E-state index is 3.59. The summed E-state index contributed by atoms with van der Waals surface area (Å²) in [6, 6.07) is 3.06. The number of thiophene rings is 1. The minimum atomic E-state index is 0.855. The van der Waals surface area contributed by atoms with Crippen LogP contribution in [0, 0.1) is 6.92 Å². The lowest BCUT2D eigenvalue weighted by Crippen LogP contribution is -2.51. The van der Waals surface area contributed by atoms with E-state index in [0.717, 1.165) is 19.1 Å². The second-order valence-electron chi connectivity index (χ2n) is 5.84. The number of nitrogens with one attached hydrogen (secondary N) is 1. The van der Waals surface area contributed by atoms with E-state index in [-0.39, 0.29) is 0 Å². The first-order valence-corrected chi connectivity index (χ1v) is 8.41. The van der Waals surface area contributed by atoms with Gasteiger partial charge < -0.3 is 5.32 Å². The molecule has 3 rings (SSSR count). The van der Waals surface area contributed by atoms with Crippen molar-refractivity contribution in [1.82, 2.24) is 15.1 Å². The van der Waals surface area contributed by atoms with Gasteiger partial charge in [-0.25, -0.2) is 0 Å². The van der Waals surface area contributed by atoms with Gasteiger partial charge in [-0.3, -0.25) is 9.80 Å². The third-order valence-electron chi connectivity index (χ3n) is 4.53. The van der Waals surface area contributed by atoms with E-state index >= 15 is 0 Å². The van der Waals surface area contributed by atoms with Crippen LogP contribution in [0.2, 0.25) is 0 Å². The van der Waals surface area contributed by atoms with Crippen molar-refractivity contribution in [3.05, 3.63) is 21.9 Å². The molecular formula is C15H25N3S. The van der Waals surface area contributed by atoms with E-state index in [4.69, 9.17) is 0 Å². The Morgan fingerprint density at radius 3 is 3.16 bits per heavy atom. The Hall–Kier alpha value is -0.420. The Bertz CT molecular complexity index is 404. The highest BCUT2D eigenvalue weighted by Gasteiger charge is 2.29. The predicted octanol–water partition coefficient (Wildman–Crippen LogP) is 1.93. The largest absolute Gasteiger partial charge is 0.311 e. The van der Waals surface area contributed by atoms with Crippen molar-refractivity contribution in [2.45, 2.75) is 32.4 Å². The highest BCUT2D eigenvalue weighted by molar-refractivity contribution is 7.10. The summed E-state index contributed by atoms with van der Waals surface area (Å²) in [6.45, 7) is 10.7. The van der Waals surface area contributed by atoms with Crippen molar-refractivity contribution in [3.8, 4) is 0 Å². The zero-order valence-electron chi connectivity index (χ0n) is 11.9. The third-order valence-corrected chi connectivity index (χ3v) is 5.55. The van der Waals surface area contributed by atoms with Gasteiger partial charge in [-0.15, -0.1) is 11.3 Å². The van der Waals surface area contributed by atoms with Crippen LogP contribution in [-0.4, -0.2) is 55.1 Å². The number of aryl methyl sites for hydroxylation is 1. The normalized spacial score (nSPS) is 24.8. The predicted molar refractivity (Wildman–Crippen MR) is 81.8 cm³/mol. The molecule has 4 heteroatoms. The van der Waals surface area contributed by atoms with Crippen molar-refractivity contribution in [1.29, 1.82) is 0 Å². The summed E-state index contributed by atoms with van der Waals surface area (Å²) in [6.07, 6.45) is 2.83. The van der Waals surface area contributed by atoms with Gasteiger partial charge in [0.2, 0.25) is 0 Å². The van der Waals surface area contributed by atoms with E-state index in [1.165, 1.54) is 56.0 Å². The molecule has 1 N–H and O–H groups in total. The molecule has 0 spiro atoms. The molecule has 2 aliphatic heterocycles. The minimum absolute atomic E-state index is 0.855. The summed E-state index contributed by atoms with van der Waals surface area (Å²) >= 11 is 1.87. The summed E-state index contributed by atoms with van der Waals surface area (Å²) in [4.78, 5) is 6.81. The molecule has 19 heavy (non-hydrogen) atoms. The number of rotatable bonds is 5. The highest BCUT2D eigenvalue weighted by Crippen LogP contribution is 2.21. The molecule has 0 aliphatic carbocycles. The van der Waals surface area contributed by atoms with Crippen LogP contribution in [-0.2, 0) is 6.54 Å². The molecule has 2 fully saturated rings. The molecule has 0 saturated carbocycles. The first-order valence-electron chi connectivity index (χ1n) is 7.53. The van der Waals surface area contributed by atoms with Crippen molar-refractivity contribution in [2.75, 3.05) is 39.3 Å². The Morgan fingerprint density at radius 1 is 1.37 bits per heavy atom. The fourth-order valence-electron chi connectivity index (χ4n) is 3.28. The third kappa shape index (κ3) is 3.37. The van der Waals surface area contributed by atoms with Crippen LogP contribution >= 0.6 is 11.3 Å². The smallest absolute Gasteiger partial charge is 0.0302 e. The van der Waals surface area contributed by atoms with Crippen LogP contribution < -0.4 is 5.32 Å². The van der Waals surface area contributed by atoms with E-state index in [0.29, 0.717) is 0 Å². The van der Waals surface area contributed by atoms with Crippen LogP contribution in [0.5, 0.6) is 0 Å². The maximum atomic E-state index is 3.59. The average molecular weight is 279 g/mol. The zero-order chi connectivity index (χ0) is 13.1. The van der Waals surface area contributed by atoms with Gasteiger partial charge in [0.1, 0.15) is 0 Å². The first-order chi connectivity index (χ1) is 9.33. The second-order valence-corrected chi connectivity index (χ2v) is 6.84. The van der Waals surface area contributed by atoms with Crippen molar-refractivity contribution in [2.24, 2.45) is 0 Å². The monoisotopic (exact) mass is 279 g/mol.